The number of hydrogen-bond donors (Lipinski definition) is 1. The zero-order valence-electron chi connectivity index (χ0n) is 10.6. The number of nitrogens with two attached hydrogens (primary N) is 1. The van der Waals surface area contributed by atoms with Gasteiger partial charge in [-0.1, -0.05) is 19.3 Å². The van der Waals surface area contributed by atoms with Gasteiger partial charge < -0.3 is 15.4 Å². The predicted octanol–water partition coefficient (Wildman–Crippen LogP) is 3.05. The van der Waals surface area contributed by atoms with Crippen molar-refractivity contribution in [3.63, 3.8) is 0 Å². The molecule has 1 aromatic rings. The maximum atomic E-state index is 5.90. The summed E-state index contributed by atoms with van der Waals surface area (Å²) in [7, 11) is 1.69. The molecule has 0 saturated carbocycles. The van der Waals surface area contributed by atoms with Crippen LogP contribution < -0.4 is 15.4 Å². The van der Waals surface area contributed by atoms with Crippen LogP contribution in [0.3, 0.4) is 0 Å². The van der Waals surface area contributed by atoms with Crippen LogP contribution in [0.1, 0.15) is 32.1 Å². The summed E-state index contributed by atoms with van der Waals surface area (Å²) < 4.78 is 5.28. The number of nitrogen functional groups attached to an aromatic ring is 1. The smallest absolute Gasteiger partial charge is 0.122 e. The Balaban J connectivity index is 2.15. The van der Waals surface area contributed by atoms with E-state index in [2.05, 4.69) is 11.0 Å². The Hall–Kier alpha value is -1.38. The number of hydrogen-bond acceptors (Lipinski definition) is 3. The number of anilines is 2. The largest absolute Gasteiger partial charge is 0.497 e. The molecule has 1 fully saturated rings. The van der Waals surface area contributed by atoms with E-state index < -0.39 is 0 Å². The Morgan fingerprint density at radius 2 is 1.65 bits per heavy atom. The highest BCUT2D eigenvalue weighted by atomic mass is 16.5. The van der Waals surface area contributed by atoms with Gasteiger partial charge >= 0.3 is 0 Å². The second-order valence-electron chi connectivity index (χ2n) is 4.72. The Labute approximate surface area is 104 Å². The van der Waals surface area contributed by atoms with E-state index in [1.54, 1.807) is 7.11 Å². The van der Waals surface area contributed by atoms with E-state index >= 15 is 0 Å². The van der Waals surface area contributed by atoms with Crippen LogP contribution in [0.15, 0.2) is 18.2 Å². The molecule has 1 saturated heterocycles. The fourth-order valence-electron chi connectivity index (χ4n) is 2.41. The first kappa shape index (κ1) is 12.1. The normalized spacial score (nSPS) is 17.4. The summed E-state index contributed by atoms with van der Waals surface area (Å²) in [4.78, 5) is 2.43. The Morgan fingerprint density at radius 3 is 2.29 bits per heavy atom. The van der Waals surface area contributed by atoms with Crippen LogP contribution in [0.4, 0.5) is 11.4 Å². The van der Waals surface area contributed by atoms with E-state index in [0.29, 0.717) is 0 Å². The Morgan fingerprint density at radius 1 is 1.00 bits per heavy atom. The van der Waals surface area contributed by atoms with E-state index in [1.165, 1.54) is 37.8 Å². The quantitative estimate of drug-likeness (QED) is 0.799. The van der Waals surface area contributed by atoms with Gasteiger partial charge in [-0.2, -0.15) is 0 Å². The molecular formula is C14H22N2O. The minimum atomic E-state index is 0.779. The van der Waals surface area contributed by atoms with Gasteiger partial charge in [0.05, 0.1) is 7.11 Å². The van der Waals surface area contributed by atoms with Crippen molar-refractivity contribution in [2.75, 3.05) is 30.8 Å². The third kappa shape index (κ3) is 3.29. The maximum absolute atomic E-state index is 5.90. The summed E-state index contributed by atoms with van der Waals surface area (Å²) in [5.41, 5.74) is 7.88. The lowest BCUT2D eigenvalue weighted by Crippen LogP contribution is -2.27. The summed E-state index contributed by atoms with van der Waals surface area (Å²) >= 11 is 0. The van der Waals surface area contributed by atoms with Crippen LogP contribution in [0.25, 0.3) is 0 Å². The second kappa shape index (κ2) is 5.80. The highest BCUT2D eigenvalue weighted by Crippen LogP contribution is 2.27. The molecule has 17 heavy (non-hydrogen) atoms. The number of methoxy groups -OCH3 is 1. The average Bonchev–Trinajstić information content (AvgIpc) is 2.27. The number of nitrogens with zero attached hydrogens (tertiary/aromatic N) is 1. The van der Waals surface area contributed by atoms with Gasteiger partial charge in [0.25, 0.3) is 0 Å². The van der Waals surface area contributed by atoms with Gasteiger partial charge in [-0.3, -0.25) is 0 Å². The molecule has 3 nitrogen and oxygen atoms in total. The summed E-state index contributed by atoms with van der Waals surface area (Å²) in [5, 5.41) is 0. The SMILES string of the molecule is COc1cc(N)cc(N2CCCCCCC2)c1. The molecule has 2 N–H and O–H groups in total. The van der Waals surface area contributed by atoms with E-state index in [9.17, 15) is 0 Å². The third-order valence-electron chi connectivity index (χ3n) is 3.37. The standard InChI is InChI=1S/C14H22N2O/c1-17-14-10-12(15)9-13(11-14)16-7-5-3-2-4-6-8-16/h9-11H,2-8,15H2,1H3. The van der Waals surface area contributed by atoms with Crippen molar-refractivity contribution in [2.45, 2.75) is 32.1 Å². The van der Waals surface area contributed by atoms with E-state index in [-0.39, 0.29) is 0 Å². The fourth-order valence-corrected chi connectivity index (χ4v) is 2.41. The molecular weight excluding hydrogens is 212 g/mol. The molecule has 1 aromatic carbocycles. The highest BCUT2D eigenvalue weighted by molar-refractivity contribution is 5.60. The number of rotatable bonds is 2. The minimum Gasteiger partial charge on any atom is -0.497 e. The molecule has 0 radical (unpaired) electrons. The van der Waals surface area contributed by atoms with Crippen molar-refractivity contribution < 1.29 is 4.74 Å². The fraction of sp³-hybridized carbons (Fsp3) is 0.571. The van der Waals surface area contributed by atoms with E-state index in [0.717, 1.165) is 24.5 Å². The lowest BCUT2D eigenvalue weighted by Gasteiger charge is -2.27. The van der Waals surface area contributed by atoms with Crippen LogP contribution in [0, 0.1) is 0 Å². The second-order valence-corrected chi connectivity index (χ2v) is 4.72. The minimum absolute atomic E-state index is 0.779. The molecule has 2 rings (SSSR count). The average molecular weight is 234 g/mol. The van der Waals surface area contributed by atoms with E-state index in [1.807, 2.05) is 12.1 Å². The molecule has 1 heterocycles. The molecule has 0 aliphatic carbocycles. The molecule has 0 bridgehead atoms. The van der Waals surface area contributed by atoms with Crippen molar-refractivity contribution in [1.82, 2.24) is 0 Å². The molecule has 0 aromatic heterocycles. The lowest BCUT2D eigenvalue weighted by molar-refractivity contribution is 0.415. The van der Waals surface area contributed by atoms with Crippen molar-refractivity contribution >= 4 is 11.4 Å². The molecule has 0 spiro atoms. The Kier molecular flexibility index (Phi) is 4.13. The molecule has 1 aliphatic rings. The lowest BCUT2D eigenvalue weighted by atomic mass is 10.1. The Bertz CT molecular complexity index is 357. The highest BCUT2D eigenvalue weighted by Gasteiger charge is 2.10. The monoisotopic (exact) mass is 234 g/mol. The van der Waals surface area contributed by atoms with Crippen LogP contribution in [-0.2, 0) is 0 Å². The van der Waals surface area contributed by atoms with Gasteiger partial charge in [0.2, 0.25) is 0 Å². The van der Waals surface area contributed by atoms with Crippen molar-refractivity contribution in [2.24, 2.45) is 0 Å². The van der Waals surface area contributed by atoms with Gasteiger partial charge in [0.1, 0.15) is 5.75 Å². The van der Waals surface area contributed by atoms with Gasteiger partial charge in [-0.25, -0.2) is 0 Å². The van der Waals surface area contributed by atoms with Crippen molar-refractivity contribution in [3.8, 4) is 5.75 Å². The van der Waals surface area contributed by atoms with Crippen LogP contribution in [0.5, 0.6) is 5.75 Å². The van der Waals surface area contributed by atoms with Crippen molar-refractivity contribution in [1.29, 1.82) is 0 Å². The molecule has 0 atom stereocenters. The van der Waals surface area contributed by atoms with Gasteiger partial charge in [0, 0.05) is 36.6 Å². The zero-order valence-corrected chi connectivity index (χ0v) is 10.6. The molecule has 3 heteroatoms. The summed E-state index contributed by atoms with van der Waals surface area (Å²) in [6.45, 7) is 2.26. The van der Waals surface area contributed by atoms with Crippen LogP contribution in [0.2, 0.25) is 0 Å². The molecule has 0 amide bonds. The topological polar surface area (TPSA) is 38.5 Å². The third-order valence-corrected chi connectivity index (χ3v) is 3.37. The van der Waals surface area contributed by atoms with Gasteiger partial charge in [-0.15, -0.1) is 0 Å². The summed E-state index contributed by atoms with van der Waals surface area (Å²) in [5.74, 6) is 0.849. The predicted molar refractivity (Wildman–Crippen MR) is 72.7 cm³/mol. The number of ether oxygens (including phenoxy) is 1. The molecule has 1 aliphatic heterocycles. The van der Waals surface area contributed by atoms with Crippen LogP contribution >= 0.6 is 0 Å². The number of benzene rings is 1. The first-order valence-corrected chi connectivity index (χ1v) is 6.49. The van der Waals surface area contributed by atoms with E-state index in [4.69, 9.17) is 10.5 Å². The van der Waals surface area contributed by atoms with Gasteiger partial charge in [0.15, 0.2) is 0 Å². The first-order valence-electron chi connectivity index (χ1n) is 6.49. The zero-order chi connectivity index (χ0) is 12.1. The first-order chi connectivity index (χ1) is 8.29. The summed E-state index contributed by atoms with van der Waals surface area (Å²) in [6, 6.07) is 6.00. The van der Waals surface area contributed by atoms with Crippen LogP contribution in [-0.4, -0.2) is 20.2 Å². The molecule has 94 valence electrons. The van der Waals surface area contributed by atoms with Gasteiger partial charge in [-0.05, 0) is 18.9 Å². The molecule has 0 unspecified atom stereocenters. The summed E-state index contributed by atoms with van der Waals surface area (Å²) in [6.07, 6.45) is 6.62. The van der Waals surface area contributed by atoms with Crippen molar-refractivity contribution in [3.05, 3.63) is 18.2 Å². The maximum Gasteiger partial charge on any atom is 0.122 e.